The first-order valence-electron chi connectivity index (χ1n) is 10.8. The maximum atomic E-state index is 13.5. The Kier molecular flexibility index (Phi) is 7.29. The number of ether oxygens (including phenoxy) is 2. The Morgan fingerprint density at radius 3 is 2.12 bits per heavy atom. The molecule has 1 heterocycles. The summed E-state index contributed by atoms with van der Waals surface area (Å²) in [5, 5.41) is 3.70. The van der Waals surface area contributed by atoms with Crippen molar-refractivity contribution >= 4 is 46.4 Å². The van der Waals surface area contributed by atoms with Crippen LogP contribution in [0.3, 0.4) is 0 Å². The van der Waals surface area contributed by atoms with Gasteiger partial charge in [0.2, 0.25) is 11.8 Å². The number of carbonyl (C=O) groups is 2. The minimum absolute atomic E-state index is 0.0513. The highest BCUT2D eigenvalue weighted by atomic mass is 35.5. The van der Waals surface area contributed by atoms with Crippen LogP contribution in [0.1, 0.15) is 24.4 Å². The Hall–Kier alpha value is -3.22. The van der Waals surface area contributed by atoms with Gasteiger partial charge in [-0.15, -0.1) is 0 Å². The molecule has 1 saturated heterocycles. The van der Waals surface area contributed by atoms with Gasteiger partial charge in [0.15, 0.2) is 0 Å². The van der Waals surface area contributed by atoms with Crippen LogP contribution in [0.4, 0.5) is 11.4 Å². The summed E-state index contributed by atoms with van der Waals surface area (Å²) in [6, 6.07) is 19.1. The number of hydrogen-bond donors (Lipinski definition) is 1. The average molecular weight is 499 g/mol. The number of nitrogens with zero attached hydrogens (tertiary/aromatic N) is 1. The molecule has 6 nitrogen and oxygen atoms in total. The zero-order chi connectivity index (χ0) is 24.2. The topological polar surface area (TPSA) is 67.9 Å². The summed E-state index contributed by atoms with van der Waals surface area (Å²) < 4.78 is 10.6. The second-order valence-electron chi connectivity index (χ2n) is 7.94. The third-order valence-electron chi connectivity index (χ3n) is 5.93. The van der Waals surface area contributed by atoms with Crippen LogP contribution in [-0.2, 0) is 9.59 Å². The number of piperidine rings is 1. The van der Waals surface area contributed by atoms with Gasteiger partial charge in [-0.1, -0.05) is 35.3 Å². The molecule has 176 valence electrons. The molecule has 1 aliphatic heterocycles. The van der Waals surface area contributed by atoms with E-state index in [9.17, 15) is 9.59 Å². The van der Waals surface area contributed by atoms with Crippen molar-refractivity contribution in [3.05, 3.63) is 82.3 Å². The fourth-order valence-electron chi connectivity index (χ4n) is 4.21. The van der Waals surface area contributed by atoms with Crippen LogP contribution in [0, 0.1) is 5.92 Å². The number of hydrogen-bond acceptors (Lipinski definition) is 4. The van der Waals surface area contributed by atoms with Crippen molar-refractivity contribution in [2.24, 2.45) is 5.92 Å². The quantitative estimate of drug-likeness (QED) is 0.443. The number of methoxy groups -OCH3 is 2. The molecule has 0 radical (unpaired) electrons. The number of benzene rings is 3. The lowest BCUT2D eigenvalue weighted by molar-refractivity contribution is -0.125. The maximum Gasteiger partial charge on any atom is 0.229 e. The number of halogens is 2. The van der Waals surface area contributed by atoms with Crippen molar-refractivity contribution in [3.8, 4) is 11.5 Å². The van der Waals surface area contributed by atoms with Gasteiger partial charge < -0.3 is 19.7 Å². The van der Waals surface area contributed by atoms with Crippen LogP contribution in [0.25, 0.3) is 0 Å². The molecule has 4 rings (SSSR count). The van der Waals surface area contributed by atoms with Gasteiger partial charge in [-0.25, -0.2) is 0 Å². The van der Waals surface area contributed by atoms with Gasteiger partial charge in [0.1, 0.15) is 11.5 Å². The van der Waals surface area contributed by atoms with Gasteiger partial charge in [-0.05, 0) is 66.6 Å². The lowest BCUT2D eigenvalue weighted by atomic mass is 9.83. The van der Waals surface area contributed by atoms with Crippen molar-refractivity contribution < 1.29 is 19.1 Å². The third kappa shape index (κ3) is 4.98. The highest BCUT2D eigenvalue weighted by molar-refractivity contribution is 6.42. The smallest absolute Gasteiger partial charge is 0.229 e. The van der Waals surface area contributed by atoms with Crippen molar-refractivity contribution in [3.63, 3.8) is 0 Å². The van der Waals surface area contributed by atoms with E-state index in [1.54, 1.807) is 49.5 Å². The first kappa shape index (κ1) is 23.9. The van der Waals surface area contributed by atoms with Gasteiger partial charge in [0.25, 0.3) is 0 Å². The fraction of sp³-hybridized carbons (Fsp3) is 0.231. The van der Waals surface area contributed by atoms with E-state index in [0.717, 1.165) is 5.56 Å². The van der Waals surface area contributed by atoms with Gasteiger partial charge in [-0.2, -0.15) is 0 Å². The second-order valence-corrected chi connectivity index (χ2v) is 8.76. The van der Waals surface area contributed by atoms with E-state index < -0.39 is 12.0 Å². The molecule has 2 atom stereocenters. The highest BCUT2D eigenvalue weighted by Crippen LogP contribution is 2.41. The fourth-order valence-corrected chi connectivity index (χ4v) is 4.50. The van der Waals surface area contributed by atoms with E-state index in [0.29, 0.717) is 39.3 Å². The summed E-state index contributed by atoms with van der Waals surface area (Å²) in [5.74, 6) is 0.624. The highest BCUT2D eigenvalue weighted by Gasteiger charge is 2.41. The molecule has 2 unspecified atom stereocenters. The first-order valence-corrected chi connectivity index (χ1v) is 11.5. The SMILES string of the molecule is COc1ccc(C2C(C(=O)Nc3ccc(Cl)c(Cl)c3)CCC(=O)N2c2ccc(OC)cc2)cc1. The standard InChI is InChI=1S/C26H24Cl2N2O4/c1-33-19-8-3-16(4-9-19)25-21(26(32)29-17-5-13-22(27)23(28)15-17)12-14-24(31)30(25)18-6-10-20(34-2)11-7-18/h3-11,13,15,21,25H,12,14H2,1-2H3,(H,29,32). The van der Waals surface area contributed by atoms with Crippen LogP contribution in [0.15, 0.2) is 66.7 Å². The summed E-state index contributed by atoms with van der Waals surface area (Å²) >= 11 is 12.1. The molecular weight excluding hydrogens is 475 g/mol. The molecule has 0 saturated carbocycles. The summed E-state index contributed by atoms with van der Waals surface area (Å²) in [6.45, 7) is 0. The average Bonchev–Trinajstić information content (AvgIpc) is 2.86. The minimum Gasteiger partial charge on any atom is -0.497 e. The molecule has 3 aromatic rings. The molecule has 1 N–H and O–H groups in total. The molecule has 1 fully saturated rings. The summed E-state index contributed by atoms with van der Waals surface area (Å²) in [6.07, 6.45) is 0.660. The maximum absolute atomic E-state index is 13.5. The molecule has 1 aliphatic rings. The van der Waals surface area contributed by atoms with Gasteiger partial charge in [0, 0.05) is 17.8 Å². The van der Waals surface area contributed by atoms with Crippen LogP contribution in [-0.4, -0.2) is 26.0 Å². The van der Waals surface area contributed by atoms with Crippen molar-refractivity contribution in [2.45, 2.75) is 18.9 Å². The van der Waals surface area contributed by atoms with E-state index in [-0.39, 0.29) is 18.2 Å². The second kappa shape index (κ2) is 10.4. The lowest BCUT2D eigenvalue weighted by Crippen LogP contribution is -2.46. The first-order chi connectivity index (χ1) is 16.4. The number of amides is 2. The van der Waals surface area contributed by atoms with Crippen molar-refractivity contribution in [1.29, 1.82) is 0 Å². The normalized spacial score (nSPS) is 17.9. The summed E-state index contributed by atoms with van der Waals surface area (Å²) in [7, 11) is 3.18. The summed E-state index contributed by atoms with van der Waals surface area (Å²) in [5.41, 5.74) is 2.07. The Morgan fingerprint density at radius 1 is 0.912 bits per heavy atom. The number of anilines is 2. The molecule has 0 aromatic heterocycles. The predicted molar refractivity (Wildman–Crippen MR) is 134 cm³/mol. The monoisotopic (exact) mass is 498 g/mol. The molecule has 0 spiro atoms. The van der Waals surface area contributed by atoms with Gasteiger partial charge in [-0.3, -0.25) is 9.59 Å². The Balaban J connectivity index is 1.72. The van der Waals surface area contributed by atoms with Crippen LogP contribution >= 0.6 is 23.2 Å². The summed E-state index contributed by atoms with van der Waals surface area (Å²) in [4.78, 5) is 28.4. The molecule has 8 heteroatoms. The Bertz CT molecular complexity index is 1180. The molecule has 34 heavy (non-hydrogen) atoms. The van der Waals surface area contributed by atoms with Gasteiger partial charge in [0.05, 0.1) is 36.2 Å². The predicted octanol–water partition coefficient (Wildman–Crippen LogP) is 6.13. The molecular formula is C26H24Cl2N2O4. The van der Waals surface area contributed by atoms with E-state index in [1.807, 2.05) is 36.4 Å². The largest absolute Gasteiger partial charge is 0.497 e. The van der Waals surface area contributed by atoms with Crippen LogP contribution in [0.2, 0.25) is 10.0 Å². The lowest BCUT2D eigenvalue weighted by Gasteiger charge is -2.41. The third-order valence-corrected chi connectivity index (χ3v) is 6.67. The Morgan fingerprint density at radius 2 is 1.53 bits per heavy atom. The van der Waals surface area contributed by atoms with Crippen molar-refractivity contribution in [1.82, 2.24) is 0 Å². The molecule has 0 bridgehead atoms. The van der Waals surface area contributed by atoms with Crippen molar-refractivity contribution in [2.75, 3.05) is 24.4 Å². The molecule has 3 aromatic carbocycles. The van der Waals surface area contributed by atoms with Gasteiger partial charge >= 0.3 is 0 Å². The number of carbonyl (C=O) groups excluding carboxylic acids is 2. The van der Waals surface area contributed by atoms with Crippen LogP contribution < -0.4 is 19.7 Å². The van der Waals surface area contributed by atoms with Crippen LogP contribution in [0.5, 0.6) is 11.5 Å². The zero-order valence-electron chi connectivity index (χ0n) is 18.8. The van der Waals surface area contributed by atoms with E-state index in [2.05, 4.69) is 5.32 Å². The number of rotatable bonds is 6. The zero-order valence-corrected chi connectivity index (χ0v) is 20.3. The van der Waals surface area contributed by atoms with E-state index in [1.165, 1.54) is 0 Å². The van der Waals surface area contributed by atoms with E-state index in [4.69, 9.17) is 32.7 Å². The Labute approximate surface area is 208 Å². The number of nitrogens with one attached hydrogen (secondary N) is 1. The molecule has 0 aliphatic carbocycles. The van der Waals surface area contributed by atoms with E-state index >= 15 is 0 Å². The minimum atomic E-state index is -0.511. The molecule has 2 amide bonds.